The molecular formula is C17H28N4O2. The van der Waals surface area contributed by atoms with Crippen LogP contribution < -0.4 is 5.73 Å². The SMILES string of the molecule is CC1CCC(n2cnc(CC(C(=O)O)N3CC[C@H](N)C3)c2)CC1. The summed E-state index contributed by atoms with van der Waals surface area (Å²) in [5.41, 5.74) is 6.79. The lowest BCUT2D eigenvalue weighted by atomic mass is 9.87. The van der Waals surface area contributed by atoms with Crippen LogP contribution in [0.5, 0.6) is 0 Å². The highest BCUT2D eigenvalue weighted by Crippen LogP contribution is 2.31. The molecule has 0 aromatic carbocycles. The molecular weight excluding hydrogens is 292 g/mol. The van der Waals surface area contributed by atoms with Gasteiger partial charge >= 0.3 is 5.97 Å². The third-order valence-electron chi connectivity index (χ3n) is 5.45. The van der Waals surface area contributed by atoms with Gasteiger partial charge < -0.3 is 15.4 Å². The first kappa shape index (κ1) is 16.5. The first-order valence-electron chi connectivity index (χ1n) is 8.77. The van der Waals surface area contributed by atoms with Gasteiger partial charge in [-0.15, -0.1) is 0 Å². The molecule has 128 valence electrons. The van der Waals surface area contributed by atoms with Crippen LogP contribution in [0.15, 0.2) is 12.5 Å². The minimum Gasteiger partial charge on any atom is -0.480 e. The summed E-state index contributed by atoms with van der Waals surface area (Å²) in [6, 6.07) is 0.104. The normalized spacial score (nSPS) is 30.4. The second-order valence-electron chi connectivity index (χ2n) is 7.33. The molecule has 6 nitrogen and oxygen atoms in total. The Morgan fingerprint density at radius 3 is 2.74 bits per heavy atom. The Kier molecular flexibility index (Phi) is 5.02. The molecule has 2 atom stereocenters. The van der Waals surface area contributed by atoms with Gasteiger partial charge in [0.15, 0.2) is 0 Å². The summed E-state index contributed by atoms with van der Waals surface area (Å²) in [5.74, 6) is 0.0464. The van der Waals surface area contributed by atoms with E-state index >= 15 is 0 Å². The molecule has 3 N–H and O–H groups in total. The molecule has 0 radical (unpaired) electrons. The Hall–Kier alpha value is -1.40. The molecule has 1 aromatic heterocycles. The number of aliphatic carboxylic acids is 1. The fourth-order valence-corrected chi connectivity index (χ4v) is 3.89. The van der Waals surface area contributed by atoms with E-state index in [1.165, 1.54) is 25.7 Å². The van der Waals surface area contributed by atoms with Crippen LogP contribution in [0, 0.1) is 5.92 Å². The van der Waals surface area contributed by atoms with Gasteiger partial charge in [-0.05, 0) is 38.0 Å². The molecule has 2 heterocycles. The molecule has 1 saturated carbocycles. The fourth-order valence-electron chi connectivity index (χ4n) is 3.89. The molecule has 1 aromatic rings. The van der Waals surface area contributed by atoms with Gasteiger partial charge in [-0.1, -0.05) is 6.92 Å². The Morgan fingerprint density at radius 2 is 2.13 bits per heavy atom. The Labute approximate surface area is 137 Å². The van der Waals surface area contributed by atoms with Crippen molar-refractivity contribution in [1.29, 1.82) is 0 Å². The smallest absolute Gasteiger partial charge is 0.321 e. The van der Waals surface area contributed by atoms with Gasteiger partial charge in [-0.2, -0.15) is 0 Å². The summed E-state index contributed by atoms with van der Waals surface area (Å²) in [5, 5.41) is 9.55. The summed E-state index contributed by atoms with van der Waals surface area (Å²) in [6.45, 7) is 3.74. The van der Waals surface area contributed by atoms with E-state index in [1.54, 1.807) is 0 Å². The first-order valence-corrected chi connectivity index (χ1v) is 8.77. The molecule has 0 amide bonds. The number of carbonyl (C=O) groups is 1. The van der Waals surface area contributed by atoms with Gasteiger partial charge in [0, 0.05) is 37.8 Å². The van der Waals surface area contributed by atoms with Crippen molar-refractivity contribution in [2.24, 2.45) is 11.7 Å². The molecule has 0 spiro atoms. The fraction of sp³-hybridized carbons (Fsp3) is 0.765. The average molecular weight is 320 g/mol. The molecule has 1 saturated heterocycles. The van der Waals surface area contributed by atoms with Crippen molar-refractivity contribution in [1.82, 2.24) is 14.5 Å². The molecule has 23 heavy (non-hydrogen) atoms. The lowest BCUT2D eigenvalue weighted by Crippen LogP contribution is -2.42. The lowest BCUT2D eigenvalue weighted by molar-refractivity contribution is -0.142. The number of imidazole rings is 1. The number of likely N-dealkylation sites (tertiary alicyclic amines) is 1. The highest BCUT2D eigenvalue weighted by molar-refractivity contribution is 5.73. The predicted octanol–water partition coefficient (Wildman–Crippen LogP) is 1.66. The maximum atomic E-state index is 11.6. The van der Waals surface area contributed by atoms with E-state index in [0.717, 1.165) is 24.6 Å². The van der Waals surface area contributed by atoms with E-state index in [4.69, 9.17) is 5.73 Å². The van der Waals surface area contributed by atoms with E-state index in [9.17, 15) is 9.90 Å². The van der Waals surface area contributed by atoms with Crippen LogP contribution in [0.4, 0.5) is 0 Å². The third-order valence-corrected chi connectivity index (χ3v) is 5.45. The number of rotatable bonds is 5. The number of hydrogen-bond donors (Lipinski definition) is 2. The van der Waals surface area contributed by atoms with Gasteiger partial charge in [-0.3, -0.25) is 9.69 Å². The van der Waals surface area contributed by atoms with Crippen molar-refractivity contribution < 1.29 is 9.90 Å². The van der Waals surface area contributed by atoms with Crippen molar-refractivity contribution in [3.05, 3.63) is 18.2 Å². The van der Waals surface area contributed by atoms with E-state index in [2.05, 4.69) is 16.5 Å². The quantitative estimate of drug-likeness (QED) is 0.862. The van der Waals surface area contributed by atoms with Gasteiger partial charge in [0.05, 0.1) is 12.0 Å². The third kappa shape index (κ3) is 3.93. The summed E-state index contributed by atoms with van der Waals surface area (Å²) in [7, 11) is 0. The number of aromatic nitrogens is 2. The zero-order valence-electron chi connectivity index (χ0n) is 13.9. The van der Waals surface area contributed by atoms with E-state index < -0.39 is 12.0 Å². The predicted molar refractivity (Wildman–Crippen MR) is 88.2 cm³/mol. The lowest BCUT2D eigenvalue weighted by Gasteiger charge is -2.27. The minimum absolute atomic E-state index is 0.0960. The van der Waals surface area contributed by atoms with E-state index in [0.29, 0.717) is 19.0 Å². The van der Waals surface area contributed by atoms with E-state index in [-0.39, 0.29) is 6.04 Å². The Bertz CT molecular complexity index is 536. The van der Waals surface area contributed by atoms with Crippen LogP contribution in [0.25, 0.3) is 0 Å². The number of nitrogens with zero attached hydrogens (tertiary/aromatic N) is 3. The molecule has 2 aliphatic rings. The van der Waals surface area contributed by atoms with Gasteiger partial charge in [0.2, 0.25) is 0 Å². The first-order chi connectivity index (χ1) is 11.0. The zero-order valence-corrected chi connectivity index (χ0v) is 13.9. The maximum absolute atomic E-state index is 11.6. The van der Waals surface area contributed by atoms with Crippen LogP contribution >= 0.6 is 0 Å². The second kappa shape index (κ2) is 7.01. The van der Waals surface area contributed by atoms with Crippen LogP contribution in [-0.4, -0.2) is 50.7 Å². The molecule has 6 heteroatoms. The van der Waals surface area contributed by atoms with Crippen molar-refractivity contribution in [2.75, 3.05) is 13.1 Å². The number of nitrogens with two attached hydrogens (primary N) is 1. The number of hydrogen-bond acceptors (Lipinski definition) is 4. The Morgan fingerprint density at radius 1 is 1.39 bits per heavy atom. The van der Waals surface area contributed by atoms with Crippen molar-refractivity contribution in [3.8, 4) is 0 Å². The van der Waals surface area contributed by atoms with Crippen molar-refractivity contribution >= 4 is 5.97 Å². The molecule has 3 rings (SSSR count). The molecule has 1 aliphatic carbocycles. The second-order valence-corrected chi connectivity index (χ2v) is 7.33. The van der Waals surface area contributed by atoms with Crippen LogP contribution in [0.2, 0.25) is 0 Å². The summed E-state index contributed by atoms with van der Waals surface area (Å²) < 4.78 is 2.19. The summed E-state index contributed by atoms with van der Waals surface area (Å²) in [6.07, 6.45) is 10.2. The molecule has 1 unspecified atom stereocenters. The maximum Gasteiger partial charge on any atom is 0.321 e. The molecule has 1 aliphatic heterocycles. The van der Waals surface area contributed by atoms with Crippen molar-refractivity contribution in [3.63, 3.8) is 0 Å². The number of carboxylic acids is 1. The average Bonchev–Trinajstić information content (AvgIpc) is 3.14. The molecule has 2 fully saturated rings. The number of carboxylic acid groups (broad SMARTS) is 1. The Balaban J connectivity index is 1.63. The van der Waals surface area contributed by atoms with Crippen LogP contribution in [0.1, 0.15) is 50.8 Å². The monoisotopic (exact) mass is 320 g/mol. The van der Waals surface area contributed by atoms with Crippen LogP contribution in [-0.2, 0) is 11.2 Å². The summed E-state index contributed by atoms with van der Waals surface area (Å²) >= 11 is 0. The molecule has 0 bridgehead atoms. The van der Waals surface area contributed by atoms with Crippen molar-refractivity contribution in [2.45, 2.75) is 63.6 Å². The van der Waals surface area contributed by atoms with Gasteiger partial charge in [0.25, 0.3) is 0 Å². The highest BCUT2D eigenvalue weighted by atomic mass is 16.4. The largest absolute Gasteiger partial charge is 0.480 e. The van der Waals surface area contributed by atoms with Gasteiger partial charge in [0.1, 0.15) is 6.04 Å². The topological polar surface area (TPSA) is 84.4 Å². The standard InChI is InChI=1S/C17H28N4O2/c1-12-2-4-15(5-3-12)21-10-14(19-11-21)8-16(17(22)23)20-7-6-13(18)9-20/h10-13,15-16H,2-9,18H2,1H3,(H,22,23)/t12?,13-,15?,16?/m0/s1. The summed E-state index contributed by atoms with van der Waals surface area (Å²) in [4.78, 5) is 18.1. The zero-order chi connectivity index (χ0) is 16.4. The van der Waals surface area contributed by atoms with Gasteiger partial charge in [-0.25, -0.2) is 4.98 Å². The van der Waals surface area contributed by atoms with E-state index in [1.807, 2.05) is 17.4 Å². The minimum atomic E-state index is -0.778. The highest BCUT2D eigenvalue weighted by Gasteiger charge is 2.31. The van der Waals surface area contributed by atoms with Crippen LogP contribution in [0.3, 0.4) is 0 Å².